The Bertz CT molecular complexity index is 684. The van der Waals surface area contributed by atoms with Crippen LogP contribution in [0.5, 0.6) is 0 Å². The van der Waals surface area contributed by atoms with E-state index in [1.807, 2.05) is 4.57 Å². The molecule has 0 saturated heterocycles. The van der Waals surface area contributed by atoms with Crippen LogP contribution in [0.25, 0.3) is 5.69 Å². The quantitative estimate of drug-likeness (QED) is 0.875. The van der Waals surface area contributed by atoms with Crippen LogP contribution in [-0.4, -0.2) is 16.1 Å². The van der Waals surface area contributed by atoms with Gasteiger partial charge in [-0.1, -0.05) is 20.8 Å². The van der Waals surface area contributed by atoms with E-state index in [-0.39, 0.29) is 5.41 Å². The van der Waals surface area contributed by atoms with Crippen LogP contribution < -0.4 is 5.32 Å². The average molecular weight is 291 g/mol. The Labute approximate surface area is 123 Å². The van der Waals surface area contributed by atoms with Crippen LogP contribution in [-0.2, 0) is 18.4 Å². The Morgan fingerprint density at radius 2 is 1.95 bits per heavy atom. The van der Waals surface area contributed by atoms with Gasteiger partial charge in [0, 0.05) is 36.7 Å². The lowest BCUT2D eigenvalue weighted by Crippen LogP contribution is -2.25. The zero-order valence-corrected chi connectivity index (χ0v) is 12.5. The number of nitrogens with zero attached hydrogens (tertiary/aromatic N) is 2. The highest BCUT2D eigenvalue weighted by Gasteiger charge is 2.28. The second-order valence-corrected chi connectivity index (χ2v) is 6.44. The SMILES string of the molecule is CC(C)(C)c1nc2c(n1-c1ccc(F)c(F)c1)CCNC2. The lowest BCUT2D eigenvalue weighted by molar-refractivity contribution is 0.504. The Morgan fingerprint density at radius 3 is 2.62 bits per heavy atom. The number of rotatable bonds is 1. The summed E-state index contributed by atoms with van der Waals surface area (Å²) in [6, 6.07) is 4.02. The summed E-state index contributed by atoms with van der Waals surface area (Å²) in [5, 5.41) is 3.29. The largest absolute Gasteiger partial charge is 0.311 e. The smallest absolute Gasteiger partial charge is 0.160 e. The minimum atomic E-state index is -0.830. The van der Waals surface area contributed by atoms with Crippen LogP contribution >= 0.6 is 0 Å². The van der Waals surface area contributed by atoms with Gasteiger partial charge in [0.15, 0.2) is 11.6 Å². The molecule has 0 saturated carbocycles. The molecule has 2 heterocycles. The maximum Gasteiger partial charge on any atom is 0.160 e. The monoisotopic (exact) mass is 291 g/mol. The highest BCUT2D eigenvalue weighted by Crippen LogP contribution is 2.30. The fraction of sp³-hybridized carbons (Fsp3) is 0.438. The Morgan fingerprint density at radius 1 is 1.19 bits per heavy atom. The van der Waals surface area contributed by atoms with E-state index >= 15 is 0 Å². The van der Waals surface area contributed by atoms with Crippen LogP contribution in [0.1, 0.15) is 38.0 Å². The van der Waals surface area contributed by atoms with Crippen LogP contribution in [0, 0.1) is 11.6 Å². The number of imidazole rings is 1. The van der Waals surface area contributed by atoms with Crippen molar-refractivity contribution in [2.24, 2.45) is 0 Å². The summed E-state index contributed by atoms with van der Waals surface area (Å²) < 4.78 is 28.8. The number of nitrogens with one attached hydrogen (secondary N) is 1. The third-order valence-corrected chi connectivity index (χ3v) is 3.72. The van der Waals surface area contributed by atoms with E-state index in [0.29, 0.717) is 5.69 Å². The first-order chi connectivity index (χ1) is 9.88. The standard InChI is InChI=1S/C16H19F2N3/c1-16(2,3)15-20-13-9-19-7-6-14(13)21(15)10-4-5-11(17)12(18)8-10/h4-5,8,19H,6-7,9H2,1-3H3. The number of fused-ring (bicyclic) bond motifs is 1. The maximum absolute atomic E-state index is 13.6. The third kappa shape index (κ3) is 2.46. The molecule has 1 aromatic carbocycles. The van der Waals surface area contributed by atoms with E-state index in [1.165, 1.54) is 12.1 Å². The Balaban J connectivity index is 2.24. The van der Waals surface area contributed by atoms with Crippen molar-refractivity contribution in [2.45, 2.75) is 39.2 Å². The molecule has 0 aliphatic carbocycles. The van der Waals surface area contributed by atoms with Crippen molar-refractivity contribution in [3.05, 3.63) is 47.0 Å². The van der Waals surface area contributed by atoms with Crippen molar-refractivity contribution in [1.82, 2.24) is 14.9 Å². The molecule has 0 bridgehead atoms. The van der Waals surface area contributed by atoms with Gasteiger partial charge in [-0.3, -0.25) is 4.57 Å². The maximum atomic E-state index is 13.6. The molecule has 112 valence electrons. The molecule has 0 spiro atoms. The second-order valence-electron chi connectivity index (χ2n) is 6.44. The number of hydrogen-bond donors (Lipinski definition) is 1. The van der Waals surface area contributed by atoms with Gasteiger partial charge in [-0.15, -0.1) is 0 Å². The fourth-order valence-electron chi connectivity index (χ4n) is 2.72. The molecule has 1 aromatic heterocycles. The van der Waals surface area contributed by atoms with E-state index in [0.717, 1.165) is 36.7 Å². The van der Waals surface area contributed by atoms with Gasteiger partial charge >= 0.3 is 0 Å². The lowest BCUT2D eigenvalue weighted by Gasteiger charge is -2.22. The van der Waals surface area contributed by atoms with Gasteiger partial charge in [0.1, 0.15) is 5.82 Å². The minimum Gasteiger partial charge on any atom is -0.311 e. The molecule has 5 heteroatoms. The molecule has 0 amide bonds. The molecule has 3 nitrogen and oxygen atoms in total. The van der Waals surface area contributed by atoms with E-state index in [2.05, 4.69) is 26.1 Å². The zero-order valence-electron chi connectivity index (χ0n) is 12.5. The normalized spacial score (nSPS) is 15.1. The molecule has 1 aliphatic heterocycles. The molecule has 0 unspecified atom stereocenters. The Kier molecular flexibility index (Phi) is 3.32. The van der Waals surface area contributed by atoms with Crippen molar-refractivity contribution < 1.29 is 8.78 Å². The number of halogens is 2. The molecule has 3 rings (SSSR count). The first-order valence-corrected chi connectivity index (χ1v) is 7.15. The van der Waals surface area contributed by atoms with E-state index in [9.17, 15) is 8.78 Å². The fourth-order valence-corrected chi connectivity index (χ4v) is 2.72. The van der Waals surface area contributed by atoms with Crippen molar-refractivity contribution >= 4 is 0 Å². The van der Waals surface area contributed by atoms with Crippen LogP contribution in [0.15, 0.2) is 18.2 Å². The average Bonchev–Trinajstić information content (AvgIpc) is 2.81. The van der Waals surface area contributed by atoms with E-state index in [1.54, 1.807) is 6.07 Å². The molecular weight excluding hydrogens is 272 g/mol. The van der Waals surface area contributed by atoms with Crippen molar-refractivity contribution in [2.75, 3.05) is 6.54 Å². The zero-order chi connectivity index (χ0) is 15.2. The van der Waals surface area contributed by atoms with E-state index < -0.39 is 11.6 Å². The van der Waals surface area contributed by atoms with Crippen LogP contribution in [0.2, 0.25) is 0 Å². The summed E-state index contributed by atoms with van der Waals surface area (Å²) in [6.45, 7) is 7.81. The molecule has 0 atom stereocenters. The summed E-state index contributed by atoms with van der Waals surface area (Å²) in [4.78, 5) is 4.73. The predicted octanol–water partition coefficient (Wildman–Crippen LogP) is 3.09. The molecule has 0 radical (unpaired) electrons. The number of hydrogen-bond acceptors (Lipinski definition) is 2. The molecule has 1 aliphatic rings. The summed E-state index contributed by atoms with van der Waals surface area (Å²) in [5.74, 6) is -0.780. The third-order valence-electron chi connectivity index (χ3n) is 3.72. The molecular formula is C16H19F2N3. The van der Waals surface area contributed by atoms with Gasteiger partial charge in [-0.2, -0.15) is 0 Å². The predicted molar refractivity (Wildman–Crippen MR) is 77.6 cm³/mol. The summed E-state index contributed by atoms with van der Waals surface area (Å²) in [7, 11) is 0. The van der Waals surface area contributed by atoms with Gasteiger partial charge in [-0.25, -0.2) is 13.8 Å². The van der Waals surface area contributed by atoms with Crippen LogP contribution in [0.3, 0.4) is 0 Å². The molecule has 1 N–H and O–H groups in total. The minimum absolute atomic E-state index is 0.178. The van der Waals surface area contributed by atoms with Gasteiger partial charge in [0.25, 0.3) is 0 Å². The van der Waals surface area contributed by atoms with Gasteiger partial charge in [0.2, 0.25) is 0 Å². The highest BCUT2D eigenvalue weighted by molar-refractivity contribution is 5.40. The summed E-state index contributed by atoms with van der Waals surface area (Å²) >= 11 is 0. The number of benzene rings is 1. The van der Waals surface area contributed by atoms with Gasteiger partial charge < -0.3 is 5.32 Å². The van der Waals surface area contributed by atoms with Crippen molar-refractivity contribution in [3.63, 3.8) is 0 Å². The lowest BCUT2D eigenvalue weighted by atomic mass is 9.95. The van der Waals surface area contributed by atoms with E-state index in [4.69, 9.17) is 4.98 Å². The molecule has 0 fully saturated rings. The van der Waals surface area contributed by atoms with Crippen molar-refractivity contribution in [3.8, 4) is 5.69 Å². The first-order valence-electron chi connectivity index (χ1n) is 7.15. The summed E-state index contributed by atoms with van der Waals surface area (Å²) in [6.07, 6.45) is 0.831. The Hall–Kier alpha value is -1.75. The molecule has 21 heavy (non-hydrogen) atoms. The second kappa shape index (κ2) is 4.91. The summed E-state index contributed by atoms with van der Waals surface area (Å²) in [5.41, 5.74) is 2.54. The van der Waals surface area contributed by atoms with Gasteiger partial charge in [-0.05, 0) is 12.1 Å². The van der Waals surface area contributed by atoms with Crippen molar-refractivity contribution in [1.29, 1.82) is 0 Å². The molecule has 2 aromatic rings. The first kappa shape index (κ1) is 14.2. The van der Waals surface area contributed by atoms with Gasteiger partial charge in [0.05, 0.1) is 11.4 Å². The topological polar surface area (TPSA) is 29.9 Å². The van der Waals surface area contributed by atoms with Crippen LogP contribution in [0.4, 0.5) is 8.78 Å². The number of aromatic nitrogens is 2. The highest BCUT2D eigenvalue weighted by atomic mass is 19.2.